The Morgan fingerprint density at radius 2 is 2.26 bits per heavy atom. The number of nitrogens with one attached hydrogen (secondary N) is 2. The van der Waals surface area contributed by atoms with E-state index < -0.39 is 18.1 Å². The molecule has 0 aromatic heterocycles. The summed E-state index contributed by atoms with van der Waals surface area (Å²) in [7, 11) is 0. The molecule has 2 rings (SSSR count). The van der Waals surface area contributed by atoms with Crippen LogP contribution in [-0.4, -0.2) is 29.1 Å². The van der Waals surface area contributed by atoms with E-state index in [9.17, 15) is 9.59 Å². The van der Waals surface area contributed by atoms with Gasteiger partial charge in [0.2, 0.25) is 5.91 Å². The van der Waals surface area contributed by atoms with Crippen molar-refractivity contribution in [3.8, 4) is 12.3 Å². The third kappa shape index (κ3) is 2.86. The van der Waals surface area contributed by atoms with Gasteiger partial charge in [-0.2, -0.15) is 0 Å². The van der Waals surface area contributed by atoms with E-state index in [2.05, 4.69) is 16.6 Å². The van der Waals surface area contributed by atoms with Crippen molar-refractivity contribution in [3.63, 3.8) is 0 Å². The van der Waals surface area contributed by atoms with Crippen LogP contribution >= 0.6 is 0 Å². The van der Waals surface area contributed by atoms with Gasteiger partial charge in [0.15, 0.2) is 0 Å². The molecule has 5 heteroatoms. The number of amides is 1. The van der Waals surface area contributed by atoms with Crippen LogP contribution in [0.5, 0.6) is 0 Å². The van der Waals surface area contributed by atoms with Gasteiger partial charge in [-0.05, 0) is 11.6 Å². The van der Waals surface area contributed by atoms with E-state index in [1.165, 1.54) is 0 Å². The molecule has 0 aliphatic carbocycles. The summed E-state index contributed by atoms with van der Waals surface area (Å²) in [5, 5.41) is 14.5. The molecule has 5 nitrogen and oxygen atoms in total. The SMILES string of the molecule is C#CCC(NC(=O)C1Cc2ccccc2N1)C(=O)O. The van der Waals surface area contributed by atoms with Gasteiger partial charge in [-0.15, -0.1) is 12.3 Å². The number of carboxylic acid groups (broad SMARTS) is 1. The van der Waals surface area contributed by atoms with Crippen molar-refractivity contribution in [2.45, 2.75) is 24.9 Å². The molecule has 2 unspecified atom stereocenters. The fourth-order valence-corrected chi connectivity index (χ4v) is 2.05. The molecular formula is C14H14N2O3. The molecule has 0 radical (unpaired) electrons. The van der Waals surface area contributed by atoms with Gasteiger partial charge in [0.05, 0.1) is 0 Å². The highest BCUT2D eigenvalue weighted by atomic mass is 16.4. The lowest BCUT2D eigenvalue weighted by molar-refractivity contribution is -0.141. The summed E-state index contributed by atoms with van der Waals surface area (Å²) in [4.78, 5) is 22.9. The molecule has 1 aliphatic heterocycles. The van der Waals surface area contributed by atoms with E-state index in [-0.39, 0.29) is 12.3 Å². The number of anilines is 1. The van der Waals surface area contributed by atoms with Crippen molar-refractivity contribution in [3.05, 3.63) is 29.8 Å². The molecule has 2 atom stereocenters. The van der Waals surface area contributed by atoms with Crippen molar-refractivity contribution in [2.75, 3.05) is 5.32 Å². The molecule has 19 heavy (non-hydrogen) atoms. The highest BCUT2D eigenvalue weighted by molar-refractivity contribution is 5.90. The number of fused-ring (bicyclic) bond motifs is 1. The molecule has 1 aliphatic rings. The number of benzene rings is 1. The molecule has 0 bridgehead atoms. The van der Waals surface area contributed by atoms with Crippen LogP contribution in [-0.2, 0) is 16.0 Å². The summed E-state index contributed by atoms with van der Waals surface area (Å²) in [6, 6.07) is 6.12. The fraction of sp³-hybridized carbons (Fsp3) is 0.286. The minimum atomic E-state index is -1.12. The first-order chi connectivity index (χ1) is 9.11. The summed E-state index contributed by atoms with van der Waals surface area (Å²) >= 11 is 0. The van der Waals surface area contributed by atoms with Crippen molar-refractivity contribution in [1.29, 1.82) is 0 Å². The van der Waals surface area contributed by atoms with Gasteiger partial charge in [-0.3, -0.25) is 4.79 Å². The maximum Gasteiger partial charge on any atom is 0.327 e. The van der Waals surface area contributed by atoms with Crippen LogP contribution in [0.3, 0.4) is 0 Å². The number of hydrogen-bond acceptors (Lipinski definition) is 3. The molecule has 98 valence electrons. The summed E-state index contributed by atoms with van der Waals surface area (Å²) in [5.74, 6) is 0.775. The van der Waals surface area contributed by atoms with E-state index in [0.717, 1.165) is 11.3 Å². The van der Waals surface area contributed by atoms with Crippen molar-refractivity contribution in [1.82, 2.24) is 5.32 Å². The van der Waals surface area contributed by atoms with Crippen LogP contribution in [0.4, 0.5) is 5.69 Å². The van der Waals surface area contributed by atoms with E-state index in [1.807, 2.05) is 24.3 Å². The largest absolute Gasteiger partial charge is 0.480 e. The average Bonchev–Trinajstić information content (AvgIpc) is 2.81. The monoisotopic (exact) mass is 258 g/mol. The van der Waals surface area contributed by atoms with Gasteiger partial charge in [0.1, 0.15) is 12.1 Å². The van der Waals surface area contributed by atoms with Crippen LogP contribution in [0, 0.1) is 12.3 Å². The van der Waals surface area contributed by atoms with Gasteiger partial charge < -0.3 is 15.7 Å². The molecular weight excluding hydrogens is 244 g/mol. The summed E-state index contributed by atoms with van der Waals surface area (Å²) < 4.78 is 0. The van der Waals surface area contributed by atoms with Crippen LogP contribution in [0.1, 0.15) is 12.0 Å². The number of carbonyl (C=O) groups excluding carboxylic acids is 1. The first-order valence-electron chi connectivity index (χ1n) is 5.93. The maximum absolute atomic E-state index is 12.0. The van der Waals surface area contributed by atoms with Gasteiger partial charge in [-0.25, -0.2) is 4.79 Å². The number of carbonyl (C=O) groups is 2. The smallest absolute Gasteiger partial charge is 0.327 e. The van der Waals surface area contributed by atoms with Crippen molar-refractivity contribution in [2.24, 2.45) is 0 Å². The zero-order valence-electron chi connectivity index (χ0n) is 10.2. The topological polar surface area (TPSA) is 78.4 Å². The predicted octanol–water partition coefficient (Wildman–Crippen LogP) is 0.616. The second kappa shape index (κ2) is 5.44. The Labute approximate surface area is 111 Å². The Kier molecular flexibility index (Phi) is 3.71. The summed E-state index contributed by atoms with van der Waals surface area (Å²) in [5.41, 5.74) is 1.96. The highest BCUT2D eigenvalue weighted by Gasteiger charge is 2.29. The highest BCUT2D eigenvalue weighted by Crippen LogP contribution is 2.25. The number of carboxylic acids is 1. The Morgan fingerprint density at radius 3 is 2.89 bits per heavy atom. The number of aliphatic carboxylic acids is 1. The van der Waals surface area contributed by atoms with Gasteiger partial charge in [0, 0.05) is 18.5 Å². The molecule has 3 N–H and O–H groups in total. The molecule has 0 saturated carbocycles. The number of para-hydroxylation sites is 1. The van der Waals surface area contributed by atoms with Crippen LogP contribution in [0.25, 0.3) is 0 Å². The van der Waals surface area contributed by atoms with E-state index >= 15 is 0 Å². The van der Waals surface area contributed by atoms with E-state index in [1.54, 1.807) is 0 Å². The second-order valence-electron chi connectivity index (χ2n) is 4.37. The van der Waals surface area contributed by atoms with Gasteiger partial charge in [-0.1, -0.05) is 18.2 Å². The Hall–Kier alpha value is -2.48. The maximum atomic E-state index is 12.0. The standard InChI is InChI=1S/C14H14N2O3/c1-2-5-11(14(18)19)16-13(17)12-8-9-6-3-4-7-10(9)15-12/h1,3-4,6-7,11-12,15H,5,8H2,(H,16,17)(H,18,19). The van der Waals surface area contributed by atoms with E-state index in [0.29, 0.717) is 6.42 Å². The van der Waals surface area contributed by atoms with Crippen LogP contribution in [0.15, 0.2) is 24.3 Å². The molecule has 1 heterocycles. The lowest BCUT2D eigenvalue weighted by Gasteiger charge is -2.16. The molecule has 1 amide bonds. The summed E-state index contributed by atoms with van der Waals surface area (Å²) in [6.45, 7) is 0. The van der Waals surface area contributed by atoms with Crippen molar-refractivity contribution < 1.29 is 14.7 Å². The second-order valence-corrected chi connectivity index (χ2v) is 4.37. The predicted molar refractivity (Wildman–Crippen MR) is 70.6 cm³/mol. The van der Waals surface area contributed by atoms with Gasteiger partial charge in [0.25, 0.3) is 0 Å². The lowest BCUT2D eigenvalue weighted by Crippen LogP contribution is -2.47. The first-order valence-corrected chi connectivity index (χ1v) is 5.93. The molecule has 1 aromatic carbocycles. The molecule has 1 aromatic rings. The average molecular weight is 258 g/mol. The minimum Gasteiger partial charge on any atom is -0.480 e. The van der Waals surface area contributed by atoms with Crippen LogP contribution in [0.2, 0.25) is 0 Å². The molecule has 0 spiro atoms. The number of rotatable bonds is 4. The van der Waals surface area contributed by atoms with E-state index in [4.69, 9.17) is 11.5 Å². The fourth-order valence-electron chi connectivity index (χ4n) is 2.05. The third-order valence-corrected chi connectivity index (χ3v) is 3.02. The Bertz CT molecular complexity index is 523. The van der Waals surface area contributed by atoms with Gasteiger partial charge >= 0.3 is 5.97 Å². The lowest BCUT2D eigenvalue weighted by atomic mass is 10.1. The zero-order chi connectivity index (χ0) is 13.8. The van der Waals surface area contributed by atoms with Crippen molar-refractivity contribution >= 4 is 17.6 Å². The Balaban J connectivity index is 1.99. The minimum absolute atomic E-state index is 0.0270. The first kappa shape index (κ1) is 13.0. The number of hydrogen-bond donors (Lipinski definition) is 3. The number of terminal acetylenes is 1. The zero-order valence-corrected chi connectivity index (χ0v) is 10.2. The normalized spacial score (nSPS) is 17.7. The molecule has 0 saturated heterocycles. The quantitative estimate of drug-likeness (QED) is 0.692. The Morgan fingerprint density at radius 1 is 1.53 bits per heavy atom. The van der Waals surface area contributed by atoms with Crippen LogP contribution < -0.4 is 10.6 Å². The molecule has 0 fully saturated rings. The third-order valence-electron chi connectivity index (χ3n) is 3.02. The summed E-state index contributed by atoms with van der Waals surface area (Å²) in [6.07, 6.45) is 5.60.